The topological polar surface area (TPSA) is 139 Å². The molecule has 0 fully saturated rings. The van der Waals surface area contributed by atoms with Gasteiger partial charge in [0.2, 0.25) is 0 Å². The zero-order valence-electron chi connectivity index (χ0n) is 66.7. The first kappa shape index (κ1) is 72.3. The average molecular weight is 1590 g/mol. The summed E-state index contributed by atoms with van der Waals surface area (Å²) in [4.78, 5) is 42.3. The van der Waals surface area contributed by atoms with Crippen molar-refractivity contribution < 1.29 is 8.83 Å². The molecule has 580 valence electrons. The highest BCUT2D eigenvalue weighted by molar-refractivity contribution is 6.22. The molecule has 16 aromatic carbocycles. The monoisotopic (exact) mass is 1590 g/mol. The van der Waals surface area contributed by atoms with Crippen molar-refractivity contribution in [3.05, 3.63) is 425 Å². The normalized spacial score (nSPS) is 11.5. The second-order valence-corrected chi connectivity index (χ2v) is 30.9. The Morgan fingerprint density at radius 1 is 0.177 bits per heavy atom. The molecule has 0 spiro atoms. The Morgan fingerprint density at radius 3 is 0.968 bits per heavy atom. The van der Waals surface area contributed by atoms with Gasteiger partial charge in [0, 0.05) is 94.9 Å². The number of hydrogen-bond acceptors (Lipinski definition) is 10. The van der Waals surface area contributed by atoms with E-state index in [1.165, 1.54) is 0 Å². The molecule has 8 aromatic heterocycles. The Labute approximate surface area is 712 Å². The number of para-hydroxylation sites is 4. The summed E-state index contributed by atoms with van der Waals surface area (Å²) in [5.74, 6) is 4.69. The van der Waals surface area contributed by atoms with E-state index in [2.05, 4.69) is 264 Å². The van der Waals surface area contributed by atoms with Crippen LogP contribution in [0.5, 0.6) is 0 Å². The van der Waals surface area contributed by atoms with E-state index in [4.69, 9.17) is 48.7 Å². The molecule has 0 amide bonds. The van der Waals surface area contributed by atoms with Gasteiger partial charge >= 0.3 is 0 Å². The van der Waals surface area contributed by atoms with Crippen LogP contribution in [0.4, 0.5) is 0 Å². The molecule has 0 bridgehead atoms. The summed E-state index contributed by atoms with van der Waals surface area (Å²) < 4.78 is 17.8. The number of hydrogen-bond donors (Lipinski definition) is 0. The highest BCUT2D eigenvalue weighted by Crippen LogP contribution is 2.47. The summed E-state index contributed by atoms with van der Waals surface area (Å²) >= 11 is 0. The molecule has 12 nitrogen and oxygen atoms in total. The number of benzene rings is 16. The van der Waals surface area contributed by atoms with Gasteiger partial charge < -0.3 is 8.83 Å². The van der Waals surface area contributed by atoms with Crippen molar-refractivity contribution in [2.24, 2.45) is 0 Å². The van der Waals surface area contributed by atoms with E-state index in [0.717, 1.165) is 188 Å². The number of rotatable bonds is 14. The van der Waals surface area contributed by atoms with Crippen molar-refractivity contribution in [2.75, 3.05) is 0 Å². The molecule has 12 heteroatoms. The molecule has 0 unspecified atom stereocenters. The van der Waals surface area contributed by atoms with Crippen molar-refractivity contribution in [3.8, 4) is 147 Å². The maximum atomic E-state index is 6.78. The molecule has 0 radical (unpaired) electrons. The van der Waals surface area contributed by atoms with Gasteiger partial charge in [0.1, 0.15) is 28.4 Å². The standard InChI is InChI=1S/2C56H35N5O/c1-5-17-36(18-6-1)40-29-30-42(37-19-7-2-8-20-37)45(31-40)41-32-48(55-59-53(38-21-9-3-10-22-38)58-54(60-55)39-23-11-4-12-24-39)56(57-35-41)61-49-27-15-13-25-43(49)46-33-47-44-26-14-16-28-51(44)62-52(47)34-50(46)61;1-5-17-36(18-6-1)40-29-30-42(37-19-7-2-8-20-37)47(33-40)41-34-48(55-59-53(38-21-9-3-10-22-38)58-54(60-55)39-23-11-4-12-24-39)56(57-35-41)61-49-27-15-13-25-43(49)45-31-32-46-44-26-14-16-28-50(44)62-52(46)51(45)61/h2*1-35H. The summed E-state index contributed by atoms with van der Waals surface area (Å²) in [6.07, 6.45) is 3.99. The van der Waals surface area contributed by atoms with E-state index in [1.807, 2.05) is 170 Å². The minimum absolute atomic E-state index is 0.505. The summed E-state index contributed by atoms with van der Waals surface area (Å²) in [6.45, 7) is 0. The van der Waals surface area contributed by atoms with E-state index in [9.17, 15) is 0 Å². The summed E-state index contributed by atoms with van der Waals surface area (Å²) in [6, 6.07) is 142. The Hall–Kier alpha value is -17.0. The first-order valence-corrected chi connectivity index (χ1v) is 41.4. The molecule has 124 heavy (non-hydrogen) atoms. The largest absolute Gasteiger partial charge is 0.456 e. The van der Waals surface area contributed by atoms with E-state index in [0.29, 0.717) is 46.6 Å². The third-order valence-electron chi connectivity index (χ3n) is 23.4. The lowest BCUT2D eigenvalue weighted by molar-refractivity contribution is 0.669. The zero-order chi connectivity index (χ0) is 82.0. The predicted molar refractivity (Wildman–Crippen MR) is 504 cm³/mol. The Bertz CT molecular complexity index is 8090. The minimum Gasteiger partial charge on any atom is -0.456 e. The van der Waals surface area contributed by atoms with Crippen LogP contribution in [-0.2, 0) is 0 Å². The molecular formula is C112H70N10O2. The predicted octanol–water partition coefficient (Wildman–Crippen LogP) is 28.5. The van der Waals surface area contributed by atoms with Crippen molar-refractivity contribution in [2.45, 2.75) is 0 Å². The minimum atomic E-state index is 0.505. The van der Waals surface area contributed by atoms with Gasteiger partial charge in [-0.15, -0.1) is 0 Å². The molecule has 24 aromatic rings. The lowest BCUT2D eigenvalue weighted by Gasteiger charge is -2.17. The number of nitrogens with zero attached hydrogens (tertiary/aromatic N) is 10. The highest BCUT2D eigenvalue weighted by atomic mass is 16.3. The third kappa shape index (κ3) is 13.0. The molecule has 0 atom stereocenters. The smallest absolute Gasteiger partial charge is 0.167 e. The van der Waals surface area contributed by atoms with Crippen LogP contribution in [0.25, 0.3) is 234 Å². The Balaban J connectivity index is 0.000000143. The molecule has 0 saturated heterocycles. The highest BCUT2D eigenvalue weighted by Gasteiger charge is 2.28. The molecule has 0 aliphatic carbocycles. The van der Waals surface area contributed by atoms with Gasteiger partial charge in [0.15, 0.2) is 40.5 Å². The van der Waals surface area contributed by atoms with Crippen LogP contribution >= 0.6 is 0 Å². The third-order valence-corrected chi connectivity index (χ3v) is 23.4. The Morgan fingerprint density at radius 2 is 0.516 bits per heavy atom. The molecule has 0 aliphatic rings. The van der Waals surface area contributed by atoms with Crippen LogP contribution in [0.1, 0.15) is 0 Å². The first-order valence-electron chi connectivity index (χ1n) is 41.4. The average Bonchev–Trinajstić information content (AvgIpc) is 1.56. The lowest BCUT2D eigenvalue weighted by Crippen LogP contribution is -2.06. The second-order valence-electron chi connectivity index (χ2n) is 30.9. The van der Waals surface area contributed by atoms with Crippen LogP contribution in [0.15, 0.2) is 434 Å². The van der Waals surface area contributed by atoms with Crippen LogP contribution in [0.2, 0.25) is 0 Å². The fourth-order valence-corrected chi connectivity index (χ4v) is 17.5. The zero-order valence-corrected chi connectivity index (χ0v) is 66.7. The number of furan rings is 2. The van der Waals surface area contributed by atoms with Crippen LogP contribution in [0.3, 0.4) is 0 Å². The fraction of sp³-hybridized carbons (Fsp3) is 0. The maximum absolute atomic E-state index is 6.78. The van der Waals surface area contributed by atoms with Crippen molar-refractivity contribution >= 4 is 87.5 Å². The van der Waals surface area contributed by atoms with E-state index in [1.54, 1.807) is 0 Å². The molecule has 24 rings (SSSR count). The van der Waals surface area contributed by atoms with Crippen LogP contribution < -0.4 is 0 Å². The van der Waals surface area contributed by atoms with Crippen LogP contribution in [0, 0.1) is 0 Å². The fourth-order valence-electron chi connectivity index (χ4n) is 17.5. The molecule has 0 aliphatic heterocycles. The van der Waals surface area contributed by atoms with Crippen LogP contribution in [-0.4, -0.2) is 49.0 Å². The second kappa shape index (κ2) is 30.8. The van der Waals surface area contributed by atoms with E-state index < -0.39 is 0 Å². The lowest BCUT2D eigenvalue weighted by atomic mass is 9.91. The molecule has 0 saturated carbocycles. The van der Waals surface area contributed by atoms with Gasteiger partial charge in [-0.05, 0) is 116 Å². The number of pyridine rings is 2. The Kier molecular flexibility index (Phi) is 17.9. The van der Waals surface area contributed by atoms with E-state index >= 15 is 0 Å². The van der Waals surface area contributed by atoms with Gasteiger partial charge in [0.05, 0.1) is 33.2 Å². The number of aromatic nitrogens is 10. The van der Waals surface area contributed by atoms with Gasteiger partial charge in [-0.25, -0.2) is 39.9 Å². The van der Waals surface area contributed by atoms with Crippen molar-refractivity contribution in [1.29, 1.82) is 0 Å². The van der Waals surface area contributed by atoms with Gasteiger partial charge in [-0.1, -0.05) is 346 Å². The van der Waals surface area contributed by atoms with Crippen molar-refractivity contribution in [3.63, 3.8) is 0 Å². The van der Waals surface area contributed by atoms with Crippen molar-refractivity contribution in [1.82, 2.24) is 49.0 Å². The summed E-state index contributed by atoms with van der Waals surface area (Å²) in [5, 5.41) is 8.63. The summed E-state index contributed by atoms with van der Waals surface area (Å²) in [7, 11) is 0. The van der Waals surface area contributed by atoms with Gasteiger partial charge in [-0.2, -0.15) is 0 Å². The number of fused-ring (bicyclic) bond motifs is 13. The quantitative estimate of drug-likeness (QED) is 0.103. The SMILES string of the molecule is c1ccc(-c2ccc(-c3ccccc3)c(-c3cnc(-n4c5ccccc5c5cc6c(cc54)oc4ccccc46)c(-c4nc(-c5ccccc5)nc(-c5ccccc5)n4)c3)c2)cc1.c1ccc(-c2ccc(-c3ccccc3)c(-c3cnc(-n4c5ccccc5c5ccc6c7ccccc7oc6c54)c(-c4nc(-c5ccccc5)nc(-c5ccccc5)n4)c3)c2)cc1. The van der Waals surface area contributed by atoms with Gasteiger partial charge in [-0.3, -0.25) is 9.13 Å². The molecule has 0 N–H and O–H groups in total. The molecule has 8 heterocycles. The van der Waals surface area contributed by atoms with Gasteiger partial charge in [0.25, 0.3) is 0 Å². The van der Waals surface area contributed by atoms with E-state index in [-0.39, 0.29) is 0 Å². The maximum Gasteiger partial charge on any atom is 0.167 e. The molecular weight excluding hydrogens is 1520 g/mol. The summed E-state index contributed by atoms with van der Waals surface area (Å²) in [5.41, 5.74) is 25.1. The first-order chi connectivity index (χ1) is 61.5.